The summed E-state index contributed by atoms with van der Waals surface area (Å²) in [6.45, 7) is 4.94. The topological polar surface area (TPSA) is 84.1 Å². The summed E-state index contributed by atoms with van der Waals surface area (Å²) in [5.41, 5.74) is 5.77. The van der Waals surface area contributed by atoms with Crippen molar-refractivity contribution in [2.24, 2.45) is 0 Å². The lowest BCUT2D eigenvalue weighted by Gasteiger charge is -2.22. The molecule has 1 unspecified atom stereocenters. The fourth-order valence-corrected chi connectivity index (χ4v) is 2.33. The molecule has 0 aromatic carbocycles. The number of anilines is 1. The molecule has 2 heterocycles. The fraction of sp³-hybridized carbons (Fsp3) is 0.583. The Hall–Kier alpha value is -1.69. The minimum atomic E-state index is -0.210. The van der Waals surface area contributed by atoms with E-state index < -0.39 is 0 Å². The van der Waals surface area contributed by atoms with Crippen LogP contribution < -0.4 is 11.1 Å². The van der Waals surface area contributed by atoms with Crippen molar-refractivity contribution in [2.75, 3.05) is 25.4 Å². The number of likely N-dealkylation sites (tertiary alicyclic amines) is 1. The Morgan fingerprint density at radius 3 is 3.17 bits per heavy atom. The average Bonchev–Trinajstić information content (AvgIpc) is 2.83. The molecule has 1 amide bonds. The third kappa shape index (κ3) is 2.95. The van der Waals surface area contributed by atoms with Gasteiger partial charge in [-0.05, 0) is 25.9 Å². The van der Waals surface area contributed by atoms with Crippen molar-refractivity contribution in [1.29, 1.82) is 0 Å². The Morgan fingerprint density at radius 2 is 2.44 bits per heavy atom. The number of nitrogens with zero attached hydrogens (tertiary/aromatic N) is 3. The number of nitrogens with two attached hydrogens (primary N) is 1. The van der Waals surface area contributed by atoms with Gasteiger partial charge in [-0.25, -0.2) is 4.98 Å². The van der Waals surface area contributed by atoms with Crippen LogP contribution in [-0.2, 0) is 0 Å². The van der Waals surface area contributed by atoms with E-state index in [1.165, 1.54) is 18.8 Å². The lowest BCUT2D eigenvalue weighted by atomic mass is 10.2. The molecular weight excluding hydrogens is 230 g/mol. The van der Waals surface area contributed by atoms with Gasteiger partial charge in [0, 0.05) is 12.6 Å². The summed E-state index contributed by atoms with van der Waals surface area (Å²) in [5.74, 6) is 0.0523. The first-order valence-electron chi connectivity index (χ1n) is 6.30. The number of likely N-dealkylation sites (N-methyl/N-ethyl adjacent to an activating group) is 1. The first-order valence-corrected chi connectivity index (χ1v) is 6.30. The van der Waals surface area contributed by atoms with E-state index >= 15 is 0 Å². The van der Waals surface area contributed by atoms with Crippen LogP contribution >= 0.6 is 0 Å². The van der Waals surface area contributed by atoms with Crippen LogP contribution in [0.2, 0.25) is 0 Å². The number of nitrogens with one attached hydrogen (secondary N) is 1. The number of hydrogen-bond donors (Lipinski definition) is 2. The van der Waals surface area contributed by atoms with Gasteiger partial charge in [0.15, 0.2) is 0 Å². The molecule has 1 fully saturated rings. The lowest BCUT2D eigenvalue weighted by Crippen LogP contribution is -2.40. The predicted octanol–water partition coefficient (Wildman–Crippen LogP) is 0.273. The smallest absolute Gasteiger partial charge is 0.271 e. The maximum atomic E-state index is 11.9. The van der Waals surface area contributed by atoms with Crippen molar-refractivity contribution in [3.63, 3.8) is 0 Å². The van der Waals surface area contributed by atoms with Crippen molar-refractivity contribution >= 4 is 11.7 Å². The van der Waals surface area contributed by atoms with Crippen LogP contribution in [-0.4, -0.2) is 46.5 Å². The number of aromatic nitrogens is 2. The quantitative estimate of drug-likeness (QED) is 0.800. The Balaban J connectivity index is 1.88. The van der Waals surface area contributed by atoms with Gasteiger partial charge in [0.1, 0.15) is 11.5 Å². The lowest BCUT2D eigenvalue weighted by molar-refractivity contribution is 0.0936. The Bertz CT molecular complexity index is 423. The normalized spacial score (nSPS) is 19.9. The number of carbonyl (C=O) groups excluding carboxylic acids is 1. The fourth-order valence-electron chi connectivity index (χ4n) is 2.33. The van der Waals surface area contributed by atoms with Crippen LogP contribution in [0.3, 0.4) is 0 Å². The van der Waals surface area contributed by atoms with E-state index in [-0.39, 0.29) is 17.4 Å². The molecule has 18 heavy (non-hydrogen) atoms. The summed E-state index contributed by atoms with van der Waals surface area (Å²) in [4.78, 5) is 22.0. The van der Waals surface area contributed by atoms with Gasteiger partial charge in [0.25, 0.3) is 5.91 Å². The second-order valence-electron chi connectivity index (χ2n) is 4.46. The second kappa shape index (κ2) is 5.77. The van der Waals surface area contributed by atoms with Crippen LogP contribution in [0, 0.1) is 0 Å². The summed E-state index contributed by atoms with van der Waals surface area (Å²) in [6.07, 6.45) is 5.19. The van der Waals surface area contributed by atoms with Gasteiger partial charge in [0.05, 0.1) is 12.4 Å². The number of nitrogen functional groups attached to an aromatic ring is 1. The van der Waals surface area contributed by atoms with Crippen molar-refractivity contribution < 1.29 is 4.79 Å². The highest BCUT2D eigenvalue weighted by atomic mass is 16.1. The van der Waals surface area contributed by atoms with Gasteiger partial charge in [-0.2, -0.15) is 0 Å². The average molecular weight is 249 g/mol. The van der Waals surface area contributed by atoms with Crippen molar-refractivity contribution in [3.8, 4) is 0 Å². The van der Waals surface area contributed by atoms with E-state index in [4.69, 9.17) is 5.73 Å². The molecule has 0 aliphatic carbocycles. The van der Waals surface area contributed by atoms with Crippen LogP contribution in [0.1, 0.15) is 30.3 Å². The molecular formula is C12H19N5O. The molecule has 1 aromatic heterocycles. The third-order valence-corrected chi connectivity index (χ3v) is 3.29. The van der Waals surface area contributed by atoms with Gasteiger partial charge < -0.3 is 11.1 Å². The van der Waals surface area contributed by atoms with Gasteiger partial charge >= 0.3 is 0 Å². The number of rotatable bonds is 4. The summed E-state index contributed by atoms with van der Waals surface area (Å²) < 4.78 is 0. The van der Waals surface area contributed by atoms with E-state index in [2.05, 4.69) is 27.1 Å². The number of amides is 1. The molecule has 1 aliphatic rings. The zero-order chi connectivity index (χ0) is 13.0. The van der Waals surface area contributed by atoms with E-state index in [9.17, 15) is 4.79 Å². The summed E-state index contributed by atoms with van der Waals surface area (Å²) >= 11 is 0. The summed E-state index contributed by atoms with van der Waals surface area (Å²) in [7, 11) is 0. The van der Waals surface area contributed by atoms with Gasteiger partial charge in [-0.15, -0.1) is 0 Å². The first kappa shape index (κ1) is 12.8. The molecule has 98 valence electrons. The SMILES string of the molecule is CCN1CCCC1CNC(=O)c1cncc(N)n1. The van der Waals surface area contributed by atoms with E-state index in [1.807, 2.05) is 0 Å². The molecule has 1 saturated heterocycles. The molecule has 0 bridgehead atoms. The zero-order valence-electron chi connectivity index (χ0n) is 10.6. The van der Waals surface area contributed by atoms with E-state index in [0.717, 1.165) is 19.5 Å². The highest BCUT2D eigenvalue weighted by molar-refractivity contribution is 5.92. The highest BCUT2D eigenvalue weighted by Gasteiger charge is 2.23. The minimum Gasteiger partial charge on any atom is -0.382 e. The second-order valence-corrected chi connectivity index (χ2v) is 4.46. The van der Waals surface area contributed by atoms with E-state index in [1.54, 1.807) is 0 Å². The van der Waals surface area contributed by atoms with Gasteiger partial charge in [-0.1, -0.05) is 6.92 Å². The molecule has 3 N–H and O–H groups in total. The van der Waals surface area contributed by atoms with Crippen molar-refractivity contribution in [3.05, 3.63) is 18.1 Å². The van der Waals surface area contributed by atoms with Crippen molar-refractivity contribution in [2.45, 2.75) is 25.8 Å². The highest BCUT2D eigenvalue weighted by Crippen LogP contribution is 2.15. The molecule has 6 nitrogen and oxygen atoms in total. The Labute approximate surface area is 107 Å². The standard InChI is InChI=1S/C12H19N5O/c1-2-17-5-3-4-9(17)6-15-12(18)10-7-14-8-11(13)16-10/h7-9H,2-6H2,1H3,(H2,13,16)(H,15,18). The Morgan fingerprint density at radius 1 is 1.61 bits per heavy atom. The molecule has 2 rings (SSSR count). The monoisotopic (exact) mass is 249 g/mol. The Kier molecular flexibility index (Phi) is 4.09. The van der Waals surface area contributed by atoms with Gasteiger partial charge in [0.2, 0.25) is 0 Å². The summed E-state index contributed by atoms with van der Waals surface area (Å²) in [5, 5.41) is 2.89. The maximum Gasteiger partial charge on any atom is 0.271 e. The molecule has 0 saturated carbocycles. The minimum absolute atomic E-state index is 0.210. The van der Waals surface area contributed by atoms with Crippen LogP contribution in [0.4, 0.5) is 5.82 Å². The molecule has 0 spiro atoms. The van der Waals surface area contributed by atoms with E-state index in [0.29, 0.717) is 12.6 Å². The number of hydrogen-bond acceptors (Lipinski definition) is 5. The molecule has 0 radical (unpaired) electrons. The molecule has 1 atom stereocenters. The number of carbonyl (C=O) groups is 1. The largest absolute Gasteiger partial charge is 0.382 e. The summed E-state index contributed by atoms with van der Waals surface area (Å²) in [6, 6.07) is 0.438. The maximum absolute atomic E-state index is 11.9. The third-order valence-electron chi connectivity index (χ3n) is 3.29. The van der Waals surface area contributed by atoms with Crippen LogP contribution in [0.5, 0.6) is 0 Å². The molecule has 1 aliphatic heterocycles. The first-order chi connectivity index (χ1) is 8.70. The molecule has 1 aromatic rings. The van der Waals surface area contributed by atoms with Gasteiger partial charge in [-0.3, -0.25) is 14.7 Å². The zero-order valence-corrected chi connectivity index (χ0v) is 10.6. The van der Waals surface area contributed by atoms with Crippen LogP contribution in [0.25, 0.3) is 0 Å². The predicted molar refractivity (Wildman–Crippen MR) is 69.0 cm³/mol. The van der Waals surface area contributed by atoms with Crippen LogP contribution in [0.15, 0.2) is 12.4 Å². The van der Waals surface area contributed by atoms with Crippen molar-refractivity contribution in [1.82, 2.24) is 20.2 Å². The molecule has 6 heteroatoms.